The molecule has 9 nitrogen and oxygen atoms in total. The van der Waals surface area contributed by atoms with Crippen molar-refractivity contribution in [2.45, 2.75) is 91.5 Å². The maximum atomic E-state index is 12.9. The lowest BCUT2D eigenvalue weighted by Crippen LogP contribution is -2.49. The van der Waals surface area contributed by atoms with Crippen molar-refractivity contribution in [3.05, 3.63) is 20.4 Å². The van der Waals surface area contributed by atoms with Crippen LogP contribution in [0.2, 0.25) is 0 Å². The molecule has 4 aliphatic rings. The summed E-state index contributed by atoms with van der Waals surface area (Å²) < 4.78 is 0. The number of terminal acetylenes is 1. The number of rotatable bonds is 5. The summed E-state index contributed by atoms with van der Waals surface area (Å²) >= 11 is 0. The van der Waals surface area contributed by atoms with Gasteiger partial charge in [0.2, 0.25) is 5.91 Å². The van der Waals surface area contributed by atoms with Crippen molar-refractivity contribution in [3.63, 3.8) is 0 Å². The molecule has 0 radical (unpaired) electrons. The third-order valence-corrected chi connectivity index (χ3v) is 9.59. The van der Waals surface area contributed by atoms with Gasteiger partial charge in [-0.05, 0) is 187 Å². The molecule has 1 amide bonds. The zero-order valence-electron chi connectivity index (χ0n) is 32.5. The minimum absolute atomic E-state index is 0. The Balaban J connectivity index is -0.0000000651. The summed E-state index contributed by atoms with van der Waals surface area (Å²) in [7, 11) is 0. The number of carbonyl (C=O) groups excluding carboxylic acids is 2. The zero-order valence-corrected chi connectivity index (χ0v) is 32.5. The normalized spacial score (nSPS) is 19.2. The monoisotopic (exact) mass is 770 g/mol. The van der Waals surface area contributed by atoms with Crippen molar-refractivity contribution in [2.75, 3.05) is 19.6 Å². The third kappa shape index (κ3) is 19.9. The Morgan fingerprint density at radius 2 is 1.18 bits per heavy atom. The molecule has 2 N–H and O–H groups in total. The van der Waals surface area contributed by atoms with E-state index >= 15 is 0 Å². The van der Waals surface area contributed by atoms with Crippen molar-refractivity contribution in [1.82, 2.24) is 10.2 Å². The van der Waals surface area contributed by atoms with E-state index in [9.17, 15) is 9.59 Å². The second-order valence-electron chi connectivity index (χ2n) is 14.1. The molecule has 0 bridgehead atoms. The summed E-state index contributed by atoms with van der Waals surface area (Å²) in [5, 5.41) is 3.38. The van der Waals surface area contributed by atoms with Gasteiger partial charge in [0.15, 0.2) is 0 Å². The van der Waals surface area contributed by atoms with Crippen LogP contribution in [0.25, 0.3) is 10.4 Å². The molecule has 1 saturated heterocycles. The van der Waals surface area contributed by atoms with E-state index < -0.39 is 0 Å². The molecule has 9 heteroatoms. The van der Waals surface area contributed by atoms with E-state index in [4.69, 9.17) is 27.4 Å². The van der Waals surface area contributed by atoms with E-state index in [-0.39, 0.29) is 36.4 Å². The van der Waals surface area contributed by atoms with Crippen molar-refractivity contribution < 1.29 is 28.1 Å². The fourth-order valence-corrected chi connectivity index (χ4v) is 6.97. The smallest absolute Gasteiger partial charge is 0.234 e. The Bertz CT molecular complexity index is 2160. The molecule has 3 aliphatic carbocycles. The topological polar surface area (TPSA) is 144 Å². The molecular formula is C47H71N5O4. The number of ketones is 1. The van der Waals surface area contributed by atoms with Gasteiger partial charge in [-0.1, -0.05) is 46.0 Å². The van der Waals surface area contributed by atoms with Gasteiger partial charge in [0.25, 0.3) is 0 Å². The zero-order chi connectivity index (χ0) is 41.4. The largest absolute Gasteiger partial charge is 0.351 e. The summed E-state index contributed by atoms with van der Waals surface area (Å²) in [6, 6.07) is 0.109. The van der Waals surface area contributed by atoms with Crippen LogP contribution in [-0.4, -0.2) is 42.3 Å². The van der Waals surface area contributed by atoms with E-state index in [2.05, 4.69) is 155 Å². The minimum Gasteiger partial charge on any atom is -0.351 e. The molecule has 4 rings (SSSR count). The summed E-state index contributed by atoms with van der Waals surface area (Å²) in [5.74, 6) is 54.9. The summed E-state index contributed by atoms with van der Waals surface area (Å²) in [5.41, 5.74) is 12.6. The predicted molar refractivity (Wildman–Crippen MR) is 248 cm³/mol. The van der Waals surface area contributed by atoms with Gasteiger partial charge in [-0.15, -0.1) is 12.0 Å². The van der Waals surface area contributed by atoms with Crippen LogP contribution in [0.4, 0.5) is 0 Å². The van der Waals surface area contributed by atoms with Gasteiger partial charge in [-0.25, -0.2) is 0 Å². The summed E-state index contributed by atoms with van der Waals surface area (Å²) in [6.07, 6.45) is 15.5. The fourth-order valence-electron chi connectivity index (χ4n) is 6.97. The Morgan fingerprint density at radius 3 is 1.59 bits per heavy atom. The molecular weight excluding hydrogens is 699 g/mol. The van der Waals surface area contributed by atoms with Crippen molar-refractivity contribution in [1.29, 1.82) is 5.53 Å². The number of Topliss-reactive ketones (excluding diaryl/α,β-unsaturated/α-hetero) is 1. The highest BCUT2D eigenvalue weighted by molar-refractivity contribution is 5.87. The highest BCUT2D eigenvalue weighted by Gasteiger charge is 2.50. The summed E-state index contributed by atoms with van der Waals surface area (Å²) in [6.45, 7) is 11.2. The first kappa shape index (κ1) is 47.2. The quantitative estimate of drug-likeness (QED) is 0.124. The molecule has 1 aliphatic heterocycles. The molecule has 0 aromatic carbocycles. The Labute approximate surface area is 352 Å². The molecule has 4 fully saturated rings. The van der Waals surface area contributed by atoms with Gasteiger partial charge in [-0.2, -0.15) is 0 Å². The second kappa shape index (κ2) is 28.6. The molecule has 3 saturated carbocycles. The predicted octanol–water partition coefficient (Wildman–Crippen LogP) is 8.85. The number of carbonyl (C=O) groups is 2. The van der Waals surface area contributed by atoms with Crippen LogP contribution < -0.4 is 5.32 Å². The molecule has 4 unspecified atom stereocenters. The van der Waals surface area contributed by atoms with Gasteiger partial charge in [0.1, 0.15) is 5.78 Å². The minimum atomic E-state index is 0. The average Bonchev–Trinajstić information content (AvgIpc) is 3.98. The fraction of sp³-hybridized carbons (Fsp3) is 0.489. The maximum absolute atomic E-state index is 12.9. The van der Waals surface area contributed by atoms with Gasteiger partial charge < -0.3 is 5.32 Å². The van der Waals surface area contributed by atoms with Crippen LogP contribution in [0.1, 0.15) is 104 Å². The van der Waals surface area contributed by atoms with Crippen LogP contribution in [0.15, 0.2) is 0 Å². The van der Waals surface area contributed by atoms with Crippen LogP contribution in [-0.2, 0) is 9.59 Å². The first-order valence-electron chi connectivity index (χ1n) is 18.3. The molecule has 0 aromatic heterocycles. The number of likely N-dealkylation sites (tertiary alicyclic amines) is 1. The van der Waals surface area contributed by atoms with Crippen molar-refractivity contribution in [2.24, 2.45) is 35.0 Å². The number of hydrogen-bond donors (Lipinski definition) is 2. The van der Waals surface area contributed by atoms with E-state index in [1.165, 1.54) is 38.5 Å². The molecule has 1 heterocycles. The Kier molecular flexibility index (Phi) is 24.1. The van der Waals surface area contributed by atoms with Crippen LogP contribution in [0.5, 0.6) is 0 Å². The number of nitrogens with one attached hydrogen (secondary N) is 2. The first-order chi connectivity index (χ1) is 27.2. The second-order valence-corrected chi connectivity index (χ2v) is 14.1. The number of nitrogens with zero attached hydrogens (tertiary/aromatic N) is 3. The lowest BCUT2D eigenvalue weighted by molar-refractivity contribution is -0.127. The number of amides is 1. The molecule has 56 heavy (non-hydrogen) atoms. The summed E-state index contributed by atoms with van der Waals surface area (Å²) in [4.78, 5) is 43.9. The van der Waals surface area contributed by atoms with Gasteiger partial charge >= 0.3 is 0 Å². The van der Waals surface area contributed by atoms with Crippen molar-refractivity contribution >= 4 is 11.7 Å². The van der Waals surface area contributed by atoms with Gasteiger partial charge in [0.05, 0.1) is 6.54 Å². The van der Waals surface area contributed by atoms with E-state index in [0.717, 1.165) is 38.3 Å². The van der Waals surface area contributed by atoms with Crippen LogP contribution in [0.3, 0.4) is 0 Å². The van der Waals surface area contributed by atoms with Crippen LogP contribution in [0, 0.1) is 181 Å². The molecule has 4 atom stereocenters. The van der Waals surface area contributed by atoms with Crippen LogP contribution >= 0.6 is 0 Å². The highest BCUT2D eigenvalue weighted by atomic mass is 16.7. The standard InChI is InChI=1S/C24H40N2O2.C23H4.HN3.O2.13H2/c1-24(2,3)18-10-12-26(13-11-18)15-21(27)25-22-19-7-5-4-6-17(19)14-20(22)23(28)16-8-9-16;1-3-5-7-9-11-13-15-17-19-21-23-22-20-18-16-14-12-10-8-6-4-2;1-3-2;1-2;;;;;;;;;;;;;/h16-20,22H,4-15H2,1-3H3,(H,25,27);1H,2H3;1H;;13*1H. The highest BCUT2D eigenvalue weighted by Crippen LogP contribution is 2.48. The van der Waals surface area contributed by atoms with Gasteiger partial charge in [0, 0.05) is 70.0 Å². The first-order valence-corrected chi connectivity index (χ1v) is 18.3. The number of hydrogen-bond acceptors (Lipinski definition) is 6. The Hall–Kier alpha value is -6.83. The molecule has 308 valence electrons. The van der Waals surface area contributed by atoms with Gasteiger partial charge in [-0.3, -0.25) is 14.5 Å². The van der Waals surface area contributed by atoms with E-state index in [1.807, 2.05) is 0 Å². The SMILES string of the molecule is C#CC#CC#CC#CC#CC#CC#CC#CC#CC#CC#CC.CC(C)(C)C1CCN(CC(=O)NC2C(C(=O)C3CC3)CC3CCCCC32)CC1.O=O.[HH].[HH].[HH].[HH].[HH].[HH].[HH].[HH].[HH].[HH].[HH].[HH].[HH].[N-]=[N+]=N. The number of piperidine rings is 1. The average molecular weight is 770 g/mol. The third-order valence-electron chi connectivity index (χ3n) is 9.59. The van der Waals surface area contributed by atoms with Crippen molar-refractivity contribution in [3.8, 4) is 131 Å². The molecule has 0 aromatic rings. The maximum Gasteiger partial charge on any atom is 0.234 e. The lowest BCUT2D eigenvalue weighted by atomic mass is 9.75. The van der Waals surface area contributed by atoms with E-state index in [0.29, 0.717) is 35.5 Å². The molecule has 0 spiro atoms. The Morgan fingerprint density at radius 1 is 0.750 bits per heavy atom. The lowest BCUT2D eigenvalue weighted by Gasteiger charge is -2.38. The van der Waals surface area contributed by atoms with E-state index in [1.54, 1.807) is 11.8 Å². The number of fused-ring (bicyclic) bond motifs is 1.